The highest BCUT2D eigenvalue weighted by atomic mass is 16.3. The number of carbonyl (C=O) groups is 2. The Kier molecular flexibility index (Phi) is 4.88. The molecule has 2 aromatic heterocycles. The number of hydrogen-bond acceptors (Lipinski definition) is 5. The SMILES string of the molecule is N#CC(C(=O)NCc1ccco1)C(=O)c1nn(-c2ccccc2)c2c1Cc1ccccc1-2. The molecule has 2 aromatic carbocycles. The van der Waals surface area contributed by atoms with Crippen LogP contribution in [0.3, 0.4) is 0 Å². The highest BCUT2D eigenvalue weighted by Gasteiger charge is 2.36. The smallest absolute Gasteiger partial charge is 0.245 e. The van der Waals surface area contributed by atoms with Gasteiger partial charge in [-0.15, -0.1) is 0 Å². The van der Waals surface area contributed by atoms with Gasteiger partial charge in [-0.05, 0) is 29.8 Å². The maximum atomic E-state index is 13.4. The first-order valence-corrected chi connectivity index (χ1v) is 10.2. The summed E-state index contributed by atoms with van der Waals surface area (Å²) in [7, 11) is 0. The minimum Gasteiger partial charge on any atom is -0.467 e. The molecule has 4 aromatic rings. The lowest BCUT2D eigenvalue weighted by Gasteiger charge is -2.09. The predicted octanol–water partition coefficient (Wildman–Crippen LogP) is 3.68. The summed E-state index contributed by atoms with van der Waals surface area (Å²) in [5.74, 6) is -2.25. The van der Waals surface area contributed by atoms with Crippen molar-refractivity contribution >= 4 is 11.7 Å². The Morgan fingerprint density at radius 2 is 1.88 bits per heavy atom. The number of ketones is 1. The Hall–Kier alpha value is -4.44. The third-order valence-corrected chi connectivity index (χ3v) is 5.53. The van der Waals surface area contributed by atoms with Gasteiger partial charge in [-0.2, -0.15) is 10.4 Å². The average molecular weight is 422 g/mol. The van der Waals surface area contributed by atoms with Crippen LogP contribution in [-0.4, -0.2) is 21.5 Å². The largest absolute Gasteiger partial charge is 0.467 e. The van der Waals surface area contributed by atoms with E-state index in [1.54, 1.807) is 16.8 Å². The van der Waals surface area contributed by atoms with Crippen LogP contribution in [0.25, 0.3) is 16.9 Å². The molecule has 1 aliphatic carbocycles. The van der Waals surface area contributed by atoms with Crippen LogP contribution in [0, 0.1) is 17.2 Å². The van der Waals surface area contributed by atoms with Crippen molar-refractivity contribution in [3.8, 4) is 23.0 Å². The van der Waals surface area contributed by atoms with Crippen molar-refractivity contribution in [2.24, 2.45) is 5.92 Å². The van der Waals surface area contributed by atoms with Gasteiger partial charge in [0.15, 0.2) is 5.92 Å². The zero-order valence-corrected chi connectivity index (χ0v) is 17.0. The Morgan fingerprint density at radius 1 is 1.09 bits per heavy atom. The summed E-state index contributed by atoms with van der Waals surface area (Å²) in [6, 6.07) is 22.7. The van der Waals surface area contributed by atoms with Crippen molar-refractivity contribution in [3.63, 3.8) is 0 Å². The van der Waals surface area contributed by atoms with Gasteiger partial charge in [0.05, 0.1) is 30.3 Å². The number of rotatable bonds is 6. The van der Waals surface area contributed by atoms with E-state index in [1.807, 2.05) is 60.7 Å². The van der Waals surface area contributed by atoms with Crippen molar-refractivity contribution < 1.29 is 14.0 Å². The van der Waals surface area contributed by atoms with Crippen molar-refractivity contribution in [1.82, 2.24) is 15.1 Å². The van der Waals surface area contributed by atoms with E-state index < -0.39 is 17.6 Å². The Labute approximate surface area is 183 Å². The maximum absolute atomic E-state index is 13.4. The molecule has 5 rings (SSSR count). The highest BCUT2D eigenvalue weighted by Crippen LogP contribution is 2.40. The van der Waals surface area contributed by atoms with Crippen molar-refractivity contribution in [2.45, 2.75) is 13.0 Å². The Morgan fingerprint density at radius 3 is 2.62 bits per heavy atom. The molecule has 1 atom stereocenters. The lowest BCUT2D eigenvalue weighted by molar-refractivity contribution is -0.122. The number of nitrogens with zero attached hydrogens (tertiary/aromatic N) is 3. The van der Waals surface area contributed by atoms with Gasteiger partial charge >= 0.3 is 0 Å². The fourth-order valence-corrected chi connectivity index (χ4v) is 4.01. The highest BCUT2D eigenvalue weighted by molar-refractivity contribution is 6.12. The molecule has 0 fully saturated rings. The molecule has 1 unspecified atom stereocenters. The number of benzene rings is 2. The van der Waals surface area contributed by atoms with E-state index in [0.717, 1.165) is 28.1 Å². The molecule has 7 nitrogen and oxygen atoms in total. The lowest BCUT2D eigenvalue weighted by Crippen LogP contribution is -2.34. The summed E-state index contributed by atoms with van der Waals surface area (Å²) in [5, 5.41) is 16.8. The van der Waals surface area contributed by atoms with Gasteiger partial charge in [-0.25, -0.2) is 4.68 Å². The second kappa shape index (κ2) is 8.00. The van der Waals surface area contributed by atoms with Gasteiger partial charge in [0.1, 0.15) is 11.5 Å². The van der Waals surface area contributed by atoms with Gasteiger partial charge in [0.25, 0.3) is 0 Å². The number of fused-ring (bicyclic) bond motifs is 3. The fraction of sp³-hybridized carbons (Fsp3) is 0.120. The van der Waals surface area contributed by atoms with Crippen LogP contribution in [0.5, 0.6) is 0 Å². The average Bonchev–Trinajstić information content (AvgIpc) is 3.55. The molecule has 1 aliphatic rings. The number of nitriles is 1. The molecular formula is C25H18N4O3. The molecular weight excluding hydrogens is 404 g/mol. The summed E-state index contributed by atoms with van der Waals surface area (Å²) in [5.41, 5.74) is 4.58. The van der Waals surface area contributed by atoms with Gasteiger partial charge in [-0.1, -0.05) is 42.5 Å². The van der Waals surface area contributed by atoms with Crippen LogP contribution in [-0.2, 0) is 17.8 Å². The lowest BCUT2D eigenvalue weighted by atomic mass is 9.98. The van der Waals surface area contributed by atoms with Crippen LogP contribution >= 0.6 is 0 Å². The molecule has 0 radical (unpaired) electrons. The van der Waals surface area contributed by atoms with Crippen LogP contribution in [0.1, 0.15) is 27.4 Å². The van der Waals surface area contributed by atoms with Crippen LogP contribution < -0.4 is 5.32 Å². The molecule has 1 amide bonds. The number of amides is 1. The van der Waals surface area contributed by atoms with Gasteiger partial charge in [0, 0.05) is 17.5 Å². The van der Waals surface area contributed by atoms with Crippen molar-refractivity contribution in [3.05, 3.63) is 95.6 Å². The number of aromatic nitrogens is 2. The van der Waals surface area contributed by atoms with Gasteiger partial charge in [-0.3, -0.25) is 9.59 Å². The first kappa shape index (κ1) is 19.5. The van der Waals surface area contributed by atoms with Crippen LogP contribution in [0.2, 0.25) is 0 Å². The molecule has 32 heavy (non-hydrogen) atoms. The first-order chi connectivity index (χ1) is 15.7. The van der Waals surface area contributed by atoms with Crippen molar-refractivity contribution in [1.29, 1.82) is 5.26 Å². The monoisotopic (exact) mass is 422 g/mol. The summed E-state index contributed by atoms with van der Waals surface area (Å²) in [6.45, 7) is 0.0965. The van der Waals surface area contributed by atoms with E-state index in [4.69, 9.17) is 4.42 Å². The minimum atomic E-state index is -1.50. The molecule has 1 N–H and O–H groups in total. The Bertz CT molecular complexity index is 1350. The maximum Gasteiger partial charge on any atom is 0.245 e. The molecule has 156 valence electrons. The number of furan rings is 1. The van der Waals surface area contributed by atoms with Crippen LogP contribution in [0.4, 0.5) is 0 Å². The zero-order valence-electron chi connectivity index (χ0n) is 17.0. The molecule has 7 heteroatoms. The first-order valence-electron chi connectivity index (χ1n) is 10.2. The third kappa shape index (κ3) is 3.28. The number of carbonyl (C=O) groups excluding carboxylic acids is 2. The minimum absolute atomic E-state index is 0.0965. The van der Waals surface area contributed by atoms with Gasteiger partial charge in [0.2, 0.25) is 11.7 Å². The van der Waals surface area contributed by atoms with E-state index in [9.17, 15) is 14.9 Å². The van der Waals surface area contributed by atoms with E-state index in [0.29, 0.717) is 12.2 Å². The second-order valence-corrected chi connectivity index (χ2v) is 7.48. The quantitative estimate of drug-likeness (QED) is 0.332. The van der Waals surface area contributed by atoms with Gasteiger partial charge < -0.3 is 9.73 Å². The molecule has 2 heterocycles. The molecule has 0 spiro atoms. The number of para-hydroxylation sites is 1. The summed E-state index contributed by atoms with van der Waals surface area (Å²) < 4.78 is 6.92. The van der Waals surface area contributed by atoms with E-state index >= 15 is 0 Å². The van der Waals surface area contributed by atoms with E-state index in [-0.39, 0.29) is 12.2 Å². The summed E-state index contributed by atoms with van der Waals surface area (Å²) in [4.78, 5) is 26.0. The number of Topliss-reactive ketones (excluding diaryl/α,β-unsaturated/α-hetero) is 1. The second-order valence-electron chi connectivity index (χ2n) is 7.48. The number of nitrogens with one attached hydrogen (secondary N) is 1. The molecule has 0 aliphatic heterocycles. The number of hydrogen-bond donors (Lipinski definition) is 1. The summed E-state index contributed by atoms with van der Waals surface area (Å²) >= 11 is 0. The predicted molar refractivity (Wildman–Crippen MR) is 116 cm³/mol. The van der Waals surface area contributed by atoms with E-state index in [1.165, 1.54) is 6.26 Å². The molecule has 0 saturated heterocycles. The zero-order chi connectivity index (χ0) is 22.1. The summed E-state index contributed by atoms with van der Waals surface area (Å²) in [6.07, 6.45) is 2.01. The van der Waals surface area contributed by atoms with Crippen LogP contribution in [0.15, 0.2) is 77.4 Å². The standard InChI is InChI=1S/C25H18N4O3/c26-14-21(25(31)27-15-18-10-6-12-32-18)24(30)22-20-13-16-7-4-5-11-19(16)23(20)29(28-22)17-8-2-1-3-9-17/h1-12,21H,13,15H2,(H,27,31). The van der Waals surface area contributed by atoms with E-state index in [2.05, 4.69) is 10.4 Å². The topological polar surface area (TPSA) is 101 Å². The molecule has 0 saturated carbocycles. The molecule has 0 bridgehead atoms. The third-order valence-electron chi connectivity index (χ3n) is 5.53. The normalized spacial score (nSPS) is 12.5. The Balaban J connectivity index is 1.52. The van der Waals surface area contributed by atoms with Crippen molar-refractivity contribution in [2.75, 3.05) is 0 Å². The fourth-order valence-electron chi connectivity index (χ4n) is 4.01.